The first-order chi connectivity index (χ1) is 13.1. The number of anilines is 4. The van der Waals surface area contributed by atoms with Gasteiger partial charge in [0.15, 0.2) is 5.82 Å². The fourth-order valence-corrected chi connectivity index (χ4v) is 3.20. The van der Waals surface area contributed by atoms with Crippen molar-refractivity contribution in [3.05, 3.63) is 30.5 Å². The van der Waals surface area contributed by atoms with Gasteiger partial charge >= 0.3 is 0 Å². The molecule has 0 unspecified atom stereocenters. The molecule has 146 valence electrons. The maximum atomic E-state index is 4.49. The second kappa shape index (κ2) is 9.50. The molecule has 2 heterocycles. The number of benzene rings is 1. The molecule has 0 radical (unpaired) electrons. The van der Waals surface area contributed by atoms with Gasteiger partial charge in [-0.2, -0.15) is 10.1 Å². The van der Waals surface area contributed by atoms with E-state index in [1.54, 1.807) is 6.20 Å². The van der Waals surface area contributed by atoms with Gasteiger partial charge in [-0.25, -0.2) is 0 Å². The molecule has 0 aliphatic carbocycles. The third-order valence-electron chi connectivity index (χ3n) is 4.91. The molecule has 1 aromatic heterocycles. The van der Waals surface area contributed by atoms with Crippen molar-refractivity contribution in [3.63, 3.8) is 0 Å². The molecule has 2 aromatic rings. The van der Waals surface area contributed by atoms with E-state index in [1.807, 2.05) is 0 Å². The lowest BCUT2D eigenvalue weighted by Crippen LogP contribution is -2.32. The molecule has 7 heteroatoms. The number of rotatable bonds is 8. The van der Waals surface area contributed by atoms with Crippen molar-refractivity contribution in [1.82, 2.24) is 20.1 Å². The predicted octanol–water partition coefficient (Wildman–Crippen LogP) is 3.22. The van der Waals surface area contributed by atoms with Gasteiger partial charge < -0.3 is 20.4 Å². The summed E-state index contributed by atoms with van der Waals surface area (Å²) in [4.78, 5) is 9.11. The van der Waals surface area contributed by atoms with Crippen LogP contribution in [-0.2, 0) is 0 Å². The van der Waals surface area contributed by atoms with Gasteiger partial charge in [-0.1, -0.05) is 6.92 Å². The Kier molecular flexibility index (Phi) is 6.81. The summed E-state index contributed by atoms with van der Waals surface area (Å²) < 4.78 is 0. The average Bonchev–Trinajstić information content (AvgIpc) is 2.67. The van der Waals surface area contributed by atoms with Crippen LogP contribution < -0.4 is 15.5 Å². The summed E-state index contributed by atoms with van der Waals surface area (Å²) in [5.74, 6) is 2.09. The number of piperidine rings is 1. The average molecular weight is 370 g/mol. The second-order valence-electron chi connectivity index (χ2n) is 7.59. The highest BCUT2D eigenvalue weighted by Crippen LogP contribution is 2.25. The minimum absolute atomic E-state index is 0.554. The van der Waals surface area contributed by atoms with Crippen molar-refractivity contribution in [2.45, 2.75) is 26.2 Å². The van der Waals surface area contributed by atoms with Crippen LogP contribution in [0.25, 0.3) is 0 Å². The molecular formula is C20H31N7. The molecule has 0 amide bonds. The summed E-state index contributed by atoms with van der Waals surface area (Å²) in [6, 6.07) is 8.54. The van der Waals surface area contributed by atoms with Crippen molar-refractivity contribution in [1.29, 1.82) is 0 Å². The largest absolute Gasteiger partial charge is 0.372 e. The zero-order valence-electron chi connectivity index (χ0n) is 16.6. The van der Waals surface area contributed by atoms with E-state index >= 15 is 0 Å². The van der Waals surface area contributed by atoms with Crippen LogP contribution >= 0.6 is 0 Å². The first-order valence-corrected chi connectivity index (χ1v) is 9.80. The lowest BCUT2D eigenvalue weighted by molar-refractivity contribution is 0.405. The van der Waals surface area contributed by atoms with Crippen LogP contribution in [0, 0.1) is 5.92 Å². The van der Waals surface area contributed by atoms with Gasteiger partial charge in [0, 0.05) is 31.0 Å². The number of hydrogen-bond donors (Lipinski definition) is 2. The van der Waals surface area contributed by atoms with Crippen LogP contribution in [0.4, 0.5) is 23.1 Å². The van der Waals surface area contributed by atoms with E-state index in [2.05, 4.69) is 80.9 Å². The predicted molar refractivity (Wildman–Crippen MR) is 112 cm³/mol. The Hall–Kier alpha value is -2.41. The molecule has 1 aliphatic rings. The van der Waals surface area contributed by atoms with Gasteiger partial charge in [-0.05, 0) is 70.1 Å². The van der Waals surface area contributed by atoms with Crippen LogP contribution in [0.2, 0.25) is 0 Å². The molecule has 1 saturated heterocycles. The maximum Gasteiger partial charge on any atom is 0.244 e. The summed E-state index contributed by atoms with van der Waals surface area (Å²) in [5.41, 5.74) is 2.29. The summed E-state index contributed by atoms with van der Waals surface area (Å²) in [6.45, 7) is 6.48. The minimum Gasteiger partial charge on any atom is -0.372 e. The van der Waals surface area contributed by atoms with E-state index in [4.69, 9.17) is 0 Å². The molecular weight excluding hydrogens is 338 g/mol. The van der Waals surface area contributed by atoms with Crippen LogP contribution in [0.15, 0.2) is 30.5 Å². The van der Waals surface area contributed by atoms with E-state index in [0.717, 1.165) is 44.2 Å². The molecule has 1 aromatic carbocycles. The Morgan fingerprint density at radius 2 is 1.89 bits per heavy atom. The summed E-state index contributed by atoms with van der Waals surface area (Å²) >= 11 is 0. The zero-order valence-corrected chi connectivity index (χ0v) is 16.6. The minimum atomic E-state index is 0.554. The van der Waals surface area contributed by atoms with Crippen LogP contribution in [0.5, 0.6) is 0 Å². The maximum absolute atomic E-state index is 4.49. The molecule has 0 saturated carbocycles. The lowest BCUT2D eigenvalue weighted by Gasteiger charge is -2.32. The van der Waals surface area contributed by atoms with Crippen LogP contribution in [0.1, 0.15) is 26.2 Å². The topological polar surface area (TPSA) is 69.2 Å². The smallest absolute Gasteiger partial charge is 0.244 e. The molecule has 1 aliphatic heterocycles. The third-order valence-corrected chi connectivity index (χ3v) is 4.91. The van der Waals surface area contributed by atoms with Gasteiger partial charge in [0.1, 0.15) is 0 Å². The van der Waals surface area contributed by atoms with Gasteiger partial charge in [0.2, 0.25) is 5.95 Å². The highest BCUT2D eigenvalue weighted by Gasteiger charge is 2.15. The van der Waals surface area contributed by atoms with Crippen molar-refractivity contribution >= 4 is 23.1 Å². The fraction of sp³-hybridized carbons (Fsp3) is 0.550. The zero-order chi connectivity index (χ0) is 19.1. The first-order valence-electron chi connectivity index (χ1n) is 9.80. The Morgan fingerprint density at radius 3 is 2.59 bits per heavy atom. The van der Waals surface area contributed by atoms with E-state index in [1.165, 1.54) is 18.5 Å². The molecule has 0 atom stereocenters. The standard InChI is InChI=1S/C20H31N7/c1-16-9-13-27(14-10-16)18-7-5-17(6-8-18)23-19-15-22-25-20(24-19)21-11-4-12-26(2)3/h5-8,15-16H,4,9-14H2,1-3H3,(H2,21,23,24,25). The number of aromatic nitrogens is 3. The molecule has 3 rings (SSSR count). The Morgan fingerprint density at radius 1 is 1.15 bits per heavy atom. The van der Waals surface area contributed by atoms with Crippen molar-refractivity contribution in [2.24, 2.45) is 5.92 Å². The van der Waals surface area contributed by atoms with E-state index in [-0.39, 0.29) is 0 Å². The molecule has 0 spiro atoms. The highest BCUT2D eigenvalue weighted by atomic mass is 15.3. The van der Waals surface area contributed by atoms with Crippen molar-refractivity contribution in [3.8, 4) is 0 Å². The van der Waals surface area contributed by atoms with E-state index < -0.39 is 0 Å². The van der Waals surface area contributed by atoms with Gasteiger partial charge in [0.25, 0.3) is 0 Å². The third kappa shape index (κ3) is 6.06. The Bertz CT molecular complexity index is 694. The molecule has 27 heavy (non-hydrogen) atoms. The normalized spacial score (nSPS) is 15.2. The lowest BCUT2D eigenvalue weighted by atomic mass is 9.99. The highest BCUT2D eigenvalue weighted by molar-refractivity contribution is 5.60. The SMILES string of the molecule is CC1CCN(c2ccc(Nc3cnnc(NCCCN(C)C)n3)cc2)CC1. The fourth-order valence-electron chi connectivity index (χ4n) is 3.20. The second-order valence-corrected chi connectivity index (χ2v) is 7.59. The van der Waals surface area contributed by atoms with Crippen molar-refractivity contribution < 1.29 is 0 Å². The molecule has 2 N–H and O–H groups in total. The molecule has 0 bridgehead atoms. The van der Waals surface area contributed by atoms with Gasteiger partial charge in [0.05, 0.1) is 6.20 Å². The molecule has 1 fully saturated rings. The Balaban J connectivity index is 1.53. The number of nitrogens with one attached hydrogen (secondary N) is 2. The summed E-state index contributed by atoms with van der Waals surface area (Å²) in [7, 11) is 4.14. The number of nitrogens with zero attached hydrogens (tertiary/aromatic N) is 5. The van der Waals surface area contributed by atoms with E-state index in [9.17, 15) is 0 Å². The monoisotopic (exact) mass is 369 g/mol. The summed E-state index contributed by atoms with van der Waals surface area (Å²) in [5, 5.41) is 14.6. The summed E-state index contributed by atoms with van der Waals surface area (Å²) in [6.07, 6.45) is 5.23. The van der Waals surface area contributed by atoms with E-state index in [0.29, 0.717) is 11.8 Å². The first kappa shape index (κ1) is 19.4. The quantitative estimate of drug-likeness (QED) is 0.692. The Labute approximate surface area is 162 Å². The van der Waals surface area contributed by atoms with Crippen LogP contribution in [-0.4, -0.2) is 60.4 Å². The van der Waals surface area contributed by atoms with Gasteiger partial charge in [-0.3, -0.25) is 0 Å². The van der Waals surface area contributed by atoms with Crippen LogP contribution in [0.3, 0.4) is 0 Å². The van der Waals surface area contributed by atoms with Crippen molar-refractivity contribution in [2.75, 3.05) is 55.8 Å². The van der Waals surface area contributed by atoms with Gasteiger partial charge in [-0.15, -0.1) is 5.10 Å². The number of hydrogen-bond acceptors (Lipinski definition) is 7. The molecule has 7 nitrogen and oxygen atoms in total.